The van der Waals surface area contributed by atoms with Crippen molar-refractivity contribution in [2.45, 2.75) is 26.8 Å². The Morgan fingerprint density at radius 3 is 2.37 bits per heavy atom. The number of pyridine rings is 1. The largest absolute Gasteiger partial charge is 0.494 e. The zero-order chi connectivity index (χ0) is 21.7. The van der Waals surface area contributed by atoms with Crippen molar-refractivity contribution in [3.8, 4) is 5.75 Å². The SMILES string of the molecule is CCCn1c(=O)[nH]c(=O)c2cc(C(=O)NNC(=O)c3ccc(OCC)cc3)cnc21. The van der Waals surface area contributed by atoms with E-state index in [9.17, 15) is 19.2 Å². The summed E-state index contributed by atoms with van der Waals surface area (Å²) in [5.41, 5.74) is 3.98. The van der Waals surface area contributed by atoms with E-state index in [-0.39, 0.29) is 16.6 Å². The second-order valence-electron chi connectivity index (χ2n) is 6.37. The highest BCUT2D eigenvalue weighted by Crippen LogP contribution is 2.12. The van der Waals surface area contributed by atoms with Gasteiger partial charge < -0.3 is 4.74 Å². The normalized spacial score (nSPS) is 10.6. The summed E-state index contributed by atoms with van der Waals surface area (Å²) in [4.78, 5) is 55.0. The highest BCUT2D eigenvalue weighted by atomic mass is 16.5. The van der Waals surface area contributed by atoms with Crippen LogP contribution in [-0.4, -0.2) is 33.0 Å². The number of aryl methyl sites for hydroxylation is 1. The summed E-state index contributed by atoms with van der Waals surface area (Å²) in [5.74, 6) is -0.543. The molecule has 2 heterocycles. The molecule has 2 amide bonds. The molecule has 2 aromatic heterocycles. The van der Waals surface area contributed by atoms with Gasteiger partial charge in [0.2, 0.25) is 0 Å². The lowest BCUT2D eigenvalue weighted by Crippen LogP contribution is -2.41. The van der Waals surface area contributed by atoms with Crippen molar-refractivity contribution in [1.82, 2.24) is 25.4 Å². The van der Waals surface area contributed by atoms with Crippen LogP contribution in [0.3, 0.4) is 0 Å². The molecule has 0 aliphatic heterocycles. The summed E-state index contributed by atoms with van der Waals surface area (Å²) < 4.78 is 6.65. The van der Waals surface area contributed by atoms with Gasteiger partial charge in [0.05, 0.1) is 17.6 Å². The van der Waals surface area contributed by atoms with Crippen molar-refractivity contribution in [2.24, 2.45) is 0 Å². The number of carbonyl (C=O) groups excluding carboxylic acids is 2. The highest BCUT2D eigenvalue weighted by molar-refractivity contribution is 6.00. The zero-order valence-corrected chi connectivity index (χ0v) is 16.5. The maximum atomic E-state index is 12.4. The first-order chi connectivity index (χ1) is 14.4. The van der Waals surface area contributed by atoms with Crippen LogP contribution in [0.15, 0.2) is 46.1 Å². The molecule has 0 saturated carbocycles. The van der Waals surface area contributed by atoms with Gasteiger partial charge in [-0.1, -0.05) is 6.92 Å². The lowest BCUT2D eigenvalue weighted by molar-refractivity contribution is 0.0846. The number of nitrogens with zero attached hydrogens (tertiary/aromatic N) is 2. The third kappa shape index (κ3) is 4.37. The number of carbonyl (C=O) groups is 2. The Balaban J connectivity index is 1.76. The van der Waals surface area contributed by atoms with Crippen molar-refractivity contribution in [3.63, 3.8) is 0 Å². The van der Waals surface area contributed by atoms with Gasteiger partial charge in [0.25, 0.3) is 17.4 Å². The first-order valence-electron chi connectivity index (χ1n) is 9.41. The van der Waals surface area contributed by atoms with Crippen molar-refractivity contribution in [3.05, 3.63) is 68.5 Å². The average molecular weight is 411 g/mol. The number of hydrogen-bond acceptors (Lipinski definition) is 6. The fourth-order valence-electron chi connectivity index (χ4n) is 2.85. The number of fused-ring (bicyclic) bond motifs is 1. The van der Waals surface area contributed by atoms with E-state index < -0.39 is 23.1 Å². The summed E-state index contributed by atoms with van der Waals surface area (Å²) in [5, 5.41) is 0.105. The zero-order valence-electron chi connectivity index (χ0n) is 16.5. The number of benzene rings is 1. The molecule has 0 fully saturated rings. The molecular formula is C20H21N5O5. The fraction of sp³-hybridized carbons (Fsp3) is 0.250. The average Bonchev–Trinajstić information content (AvgIpc) is 2.75. The summed E-state index contributed by atoms with van der Waals surface area (Å²) >= 11 is 0. The number of aromatic nitrogens is 3. The van der Waals surface area contributed by atoms with Crippen LogP contribution < -0.4 is 26.8 Å². The molecule has 156 valence electrons. The van der Waals surface area contributed by atoms with Crippen LogP contribution in [0.25, 0.3) is 11.0 Å². The van der Waals surface area contributed by atoms with E-state index in [4.69, 9.17) is 4.74 Å². The molecule has 3 aromatic rings. The molecule has 0 unspecified atom stereocenters. The monoisotopic (exact) mass is 411 g/mol. The van der Waals surface area contributed by atoms with Gasteiger partial charge >= 0.3 is 5.69 Å². The van der Waals surface area contributed by atoms with E-state index in [0.717, 1.165) is 0 Å². The van der Waals surface area contributed by atoms with Crippen molar-refractivity contribution >= 4 is 22.8 Å². The van der Waals surface area contributed by atoms with Gasteiger partial charge in [-0.15, -0.1) is 0 Å². The van der Waals surface area contributed by atoms with Crippen molar-refractivity contribution in [2.75, 3.05) is 6.61 Å². The molecule has 3 rings (SSSR count). The Hall–Kier alpha value is -3.95. The molecule has 0 atom stereocenters. The topological polar surface area (TPSA) is 135 Å². The quantitative estimate of drug-likeness (QED) is 0.517. The minimum atomic E-state index is -0.656. The van der Waals surface area contributed by atoms with Crippen LogP contribution in [0, 0.1) is 0 Å². The Morgan fingerprint density at radius 1 is 1.07 bits per heavy atom. The molecule has 10 nitrogen and oxygen atoms in total. The standard InChI is InChI=1S/C20H21N5O5/c1-3-9-25-16-15(19(28)22-20(25)29)10-13(11-21-16)18(27)24-23-17(26)12-5-7-14(8-6-12)30-4-2/h5-8,10-11H,3-4,9H2,1-2H3,(H,23,26)(H,24,27)(H,22,28,29). The van der Waals surface area contributed by atoms with Crippen LogP contribution in [0.4, 0.5) is 0 Å². The van der Waals surface area contributed by atoms with E-state index in [1.807, 2.05) is 13.8 Å². The van der Waals surface area contributed by atoms with E-state index in [1.165, 1.54) is 16.8 Å². The summed E-state index contributed by atoms with van der Waals surface area (Å²) in [7, 11) is 0. The lowest BCUT2D eigenvalue weighted by atomic mass is 10.2. The number of amides is 2. The molecule has 0 bridgehead atoms. The second kappa shape index (κ2) is 9.03. The molecule has 3 N–H and O–H groups in total. The number of H-pyrrole nitrogens is 1. The van der Waals surface area contributed by atoms with E-state index in [1.54, 1.807) is 24.3 Å². The molecule has 0 saturated heterocycles. The lowest BCUT2D eigenvalue weighted by Gasteiger charge is -2.10. The van der Waals surface area contributed by atoms with Crippen LogP contribution in [0.1, 0.15) is 41.0 Å². The summed E-state index contributed by atoms with van der Waals surface area (Å²) in [6.45, 7) is 4.63. The maximum Gasteiger partial charge on any atom is 0.329 e. The fourth-order valence-corrected chi connectivity index (χ4v) is 2.85. The molecule has 0 spiro atoms. The molecule has 0 radical (unpaired) electrons. The Bertz CT molecular complexity index is 1200. The minimum Gasteiger partial charge on any atom is -0.494 e. The van der Waals surface area contributed by atoms with Crippen LogP contribution >= 0.6 is 0 Å². The minimum absolute atomic E-state index is 0.0571. The van der Waals surface area contributed by atoms with Gasteiger partial charge in [-0.2, -0.15) is 0 Å². The number of hydrogen-bond donors (Lipinski definition) is 3. The predicted octanol–water partition coefficient (Wildman–Crippen LogP) is 0.968. The Labute approximate surface area is 170 Å². The van der Waals surface area contributed by atoms with Gasteiger partial charge in [0, 0.05) is 18.3 Å². The van der Waals surface area contributed by atoms with Gasteiger partial charge in [0.1, 0.15) is 11.4 Å². The van der Waals surface area contributed by atoms with E-state index in [2.05, 4.69) is 20.8 Å². The second-order valence-corrected chi connectivity index (χ2v) is 6.37. The third-order valence-corrected chi connectivity index (χ3v) is 4.26. The van der Waals surface area contributed by atoms with Crippen LogP contribution in [0.5, 0.6) is 5.75 Å². The first-order valence-corrected chi connectivity index (χ1v) is 9.41. The Morgan fingerprint density at radius 2 is 1.73 bits per heavy atom. The van der Waals surface area contributed by atoms with Gasteiger partial charge in [-0.05, 0) is 43.7 Å². The maximum absolute atomic E-state index is 12.4. The molecule has 0 aliphatic rings. The Kier molecular flexibility index (Phi) is 6.26. The van der Waals surface area contributed by atoms with Crippen molar-refractivity contribution in [1.29, 1.82) is 0 Å². The van der Waals surface area contributed by atoms with Gasteiger partial charge in [0.15, 0.2) is 0 Å². The number of rotatable bonds is 6. The summed E-state index contributed by atoms with van der Waals surface area (Å²) in [6.07, 6.45) is 1.91. The molecule has 10 heteroatoms. The number of ether oxygens (including phenoxy) is 1. The highest BCUT2D eigenvalue weighted by Gasteiger charge is 2.14. The first kappa shape index (κ1) is 20.8. The van der Waals surface area contributed by atoms with E-state index in [0.29, 0.717) is 30.9 Å². The van der Waals surface area contributed by atoms with Crippen LogP contribution in [0.2, 0.25) is 0 Å². The number of aromatic amines is 1. The molecule has 30 heavy (non-hydrogen) atoms. The number of nitrogens with one attached hydrogen (secondary N) is 3. The molecule has 1 aromatic carbocycles. The molecular weight excluding hydrogens is 390 g/mol. The number of hydrazine groups is 1. The van der Waals surface area contributed by atoms with Crippen LogP contribution in [-0.2, 0) is 6.54 Å². The molecule has 0 aliphatic carbocycles. The van der Waals surface area contributed by atoms with E-state index >= 15 is 0 Å². The van der Waals surface area contributed by atoms with Gasteiger partial charge in [-0.25, -0.2) is 9.78 Å². The van der Waals surface area contributed by atoms with Crippen molar-refractivity contribution < 1.29 is 14.3 Å². The smallest absolute Gasteiger partial charge is 0.329 e. The predicted molar refractivity (Wildman–Crippen MR) is 109 cm³/mol. The summed E-state index contributed by atoms with van der Waals surface area (Å²) in [6, 6.07) is 7.75. The van der Waals surface area contributed by atoms with Gasteiger partial charge in [-0.3, -0.25) is 34.8 Å². The third-order valence-electron chi connectivity index (χ3n) is 4.26.